The van der Waals surface area contributed by atoms with E-state index < -0.39 is 17.7 Å². The van der Waals surface area contributed by atoms with Crippen LogP contribution in [0.3, 0.4) is 0 Å². The van der Waals surface area contributed by atoms with E-state index in [4.69, 9.17) is 23.7 Å². The molecule has 8 atom stereocenters. The Balaban J connectivity index is 1.68. The molecule has 0 aromatic rings. The summed E-state index contributed by atoms with van der Waals surface area (Å²) in [4.78, 5) is 11.4. The summed E-state index contributed by atoms with van der Waals surface area (Å²) in [7, 11) is 3.46. The molecule has 0 bridgehead atoms. The van der Waals surface area contributed by atoms with Crippen molar-refractivity contribution in [2.24, 2.45) is 11.8 Å². The molecule has 2 heterocycles. The molecule has 0 aromatic carbocycles. The van der Waals surface area contributed by atoms with Gasteiger partial charge < -0.3 is 28.8 Å². The average Bonchev–Trinajstić information content (AvgIpc) is 3.09. The lowest BCUT2D eigenvalue weighted by atomic mass is 9.71. The van der Waals surface area contributed by atoms with Gasteiger partial charge in [0.25, 0.3) is 0 Å². The number of methoxy groups -OCH3 is 2. The molecule has 2 N–H and O–H groups in total. The Morgan fingerprint density at radius 3 is 2.57 bits per heavy atom. The molecule has 8 nitrogen and oxygen atoms in total. The molecule has 3 rings (SSSR count). The lowest BCUT2D eigenvalue weighted by Crippen LogP contribution is -2.63. The summed E-state index contributed by atoms with van der Waals surface area (Å²) in [5.74, 6) is 0.195. The fourth-order valence-electron chi connectivity index (χ4n) is 4.93. The predicted molar refractivity (Wildman–Crippen MR) is 101 cm³/mol. The topological polar surface area (TPSA) is 95.5 Å². The summed E-state index contributed by atoms with van der Waals surface area (Å²) in [5.41, 5.74) is -1.19. The van der Waals surface area contributed by atoms with E-state index in [1.54, 1.807) is 28.1 Å². The molecule has 7 unspecified atom stereocenters. The van der Waals surface area contributed by atoms with Crippen LogP contribution in [0.15, 0.2) is 0 Å². The highest BCUT2D eigenvalue weighted by molar-refractivity contribution is 5.66. The predicted octanol–water partition coefficient (Wildman–Crippen LogP) is 0.849. The van der Waals surface area contributed by atoms with Crippen LogP contribution in [0.1, 0.15) is 40.0 Å². The van der Waals surface area contributed by atoms with Crippen molar-refractivity contribution in [3.05, 3.63) is 0 Å². The molecule has 1 aliphatic carbocycles. The van der Waals surface area contributed by atoms with E-state index in [9.17, 15) is 9.90 Å². The van der Waals surface area contributed by atoms with Crippen LogP contribution in [-0.4, -0.2) is 80.8 Å². The molecule has 28 heavy (non-hydrogen) atoms. The number of ether oxygens (including phenoxy) is 5. The minimum absolute atomic E-state index is 0.0460. The first-order valence-corrected chi connectivity index (χ1v) is 10.2. The van der Waals surface area contributed by atoms with Crippen LogP contribution >= 0.6 is 0 Å². The third-order valence-corrected chi connectivity index (χ3v) is 6.41. The molecule has 3 fully saturated rings. The zero-order valence-electron chi connectivity index (χ0n) is 17.6. The summed E-state index contributed by atoms with van der Waals surface area (Å²) in [5, 5.41) is 14.0. The van der Waals surface area contributed by atoms with Crippen LogP contribution in [-0.2, 0) is 28.5 Å². The van der Waals surface area contributed by atoms with E-state index in [1.807, 2.05) is 0 Å². The van der Waals surface area contributed by atoms with Crippen molar-refractivity contribution in [1.82, 2.24) is 5.32 Å². The van der Waals surface area contributed by atoms with Crippen molar-refractivity contribution in [3.8, 4) is 0 Å². The SMILES string of the molecule is COC1CC2NC3OCCC3C(OC)C2CC1OC[C@H](OC(C)=O)C(C)(C)O. The number of carbonyl (C=O) groups is 1. The molecule has 0 radical (unpaired) electrons. The second kappa shape index (κ2) is 8.93. The molecule has 3 aliphatic rings. The summed E-state index contributed by atoms with van der Waals surface area (Å²) in [6.07, 6.45) is 1.72. The van der Waals surface area contributed by atoms with E-state index >= 15 is 0 Å². The number of carbonyl (C=O) groups excluding carboxylic acids is 1. The maximum atomic E-state index is 11.4. The molecule has 1 saturated carbocycles. The van der Waals surface area contributed by atoms with Gasteiger partial charge >= 0.3 is 5.97 Å². The monoisotopic (exact) mass is 401 g/mol. The normalized spacial score (nSPS) is 39.1. The summed E-state index contributed by atoms with van der Waals surface area (Å²) >= 11 is 0. The fraction of sp³-hybridized carbons (Fsp3) is 0.950. The Labute approximate surface area is 167 Å². The minimum Gasteiger partial charge on any atom is -0.457 e. The second-order valence-corrected chi connectivity index (χ2v) is 8.75. The summed E-state index contributed by atoms with van der Waals surface area (Å²) < 4.78 is 28.9. The van der Waals surface area contributed by atoms with Crippen molar-refractivity contribution in [1.29, 1.82) is 0 Å². The first-order chi connectivity index (χ1) is 13.2. The lowest BCUT2D eigenvalue weighted by molar-refractivity contribution is -0.184. The van der Waals surface area contributed by atoms with Gasteiger partial charge in [-0.15, -0.1) is 0 Å². The van der Waals surface area contributed by atoms with Crippen molar-refractivity contribution in [3.63, 3.8) is 0 Å². The highest BCUT2D eigenvalue weighted by atomic mass is 16.6. The fourth-order valence-corrected chi connectivity index (χ4v) is 4.93. The van der Waals surface area contributed by atoms with Crippen LogP contribution in [0.2, 0.25) is 0 Å². The number of esters is 1. The van der Waals surface area contributed by atoms with Crippen molar-refractivity contribution < 1.29 is 33.6 Å². The number of fused-ring (bicyclic) bond motifs is 2. The van der Waals surface area contributed by atoms with Gasteiger partial charge in [0.05, 0.1) is 30.5 Å². The Morgan fingerprint density at radius 2 is 1.96 bits per heavy atom. The van der Waals surface area contributed by atoms with Gasteiger partial charge in [0, 0.05) is 45.6 Å². The van der Waals surface area contributed by atoms with E-state index in [0.29, 0.717) is 11.8 Å². The Hall–Kier alpha value is -0.770. The van der Waals surface area contributed by atoms with Crippen molar-refractivity contribution >= 4 is 5.97 Å². The minimum atomic E-state index is -1.19. The van der Waals surface area contributed by atoms with Crippen LogP contribution < -0.4 is 5.32 Å². The second-order valence-electron chi connectivity index (χ2n) is 8.75. The Bertz CT molecular complexity index is 537. The summed E-state index contributed by atoms with van der Waals surface area (Å²) in [6.45, 7) is 5.43. The molecule has 2 saturated heterocycles. The van der Waals surface area contributed by atoms with Gasteiger partial charge in [0.1, 0.15) is 6.23 Å². The number of hydrogen-bond acceptors (Lipinski definition) is 8. The Morgan fingerprint density at radius 1 is 1.21 bits per heavy atom. The van der Waals surface area contributed by atoms with Gasteiger partial charge in [-0.3, -0.25) is 10.1 Å². The first kappa shape index (κ1) is 21.9. The lowest BCUT2D eigenvalue weighted by Gasteiger charge is -2.50. The highest BCUT2D eigenvalue weighted by Gasteiger charge is 2.51. The number of hydrogen-bond donors (Lipinski definition) is 2. The van der Waals surface area contributed by atoms with Crippen LogP contribution in [0, 0.1) is 11.8 Å². The third kappa shape index (κ3) is 4.68. The quantitative estimate of drug-likeness (QED) is 0.606. The average molecular weight is 402 g/mol. The number of piperidine rings is 1. The van der Waals surface area contributed by atoms with E-state index in [1.165, 1.54) is 6.92 Å². The van der Waals surface area contributed by atoms with Gasteiger partial charge in [-0.25, -0.2) is 0 Å². The molecule has 162 valence electrons. The van der Waals surface area contributed by atoms with Crippen LogP contribution in [0.25, 0.3) is 0 Å². The maximum Gasteiger partial charge on any atom is 0.303 e. The molecule has 2 aliphatic heterocycles. The number of nitrogens with one attached hydrogen (secondary N) is 1. The number of rotatable bonds is 7. The molecular weight excluding hydrogens is 366 g/mol. The standard InChI is InChI=1S/C20H35NO7/c1-11(22)28-17(20(2,3)23)10-27-16-8-13-14(9-15(16)24-4)21-19-12(6-7-26-19)18(13)25-5/h12-19,21,23H,6-10H2,1-5H3/t12?,13?,14?,15?,16?,17-,18?,19?/m0/s1. The molecule has 0 spiro atoms. The van der Waals surface area contributed by atoms with Crippen molar-refractivity contribution in [2.45, 2.75) is 82.3 Å². The van der Waals surface area contributed by atoms with E-state index in [2.05, 4.69) is 5.32 Å². The van der Waals surface area contributed by atoms with Crippen LogP contribution in [0.4, 0.5) is 0 Å². The van der Waals surface area contributed by atoms with Gasteiger partial charge in [-0.2, -0.15) is 0 Å². The third-order valence-electron chi connectivity index (χ3n) is 6.41. The number of aliphatic hydroxyl groups is 1. The largest absolute Gasteiger partial charge is 0.457 e. The van der Waals surface area contributed by atoms with E-state index in [-0.39, 0.29) is 37.2 Å². The molecular formula is C20H35NO7. The van der Waals surface area contributed by atoms with E-state index in [0.717, 1.165) is 25.9 Å². The smallest absolute Gasteiger partial charge is 0.303 e. The first-order valence-electron chi connectivity index (χ1n) is 10.2. The molecule has 8 heteroatoms. The van der Waals surface area contributed by atoms with Crippen LogP contribution in [0.5, 0.6) is 0 Å². The highest BCUT2D eigenvalue weighted by Crippen LogP contribution is 2.42. The zero-order valence-corrected chi connectivity index (χ0v) is 17.6. The molecule has 0 aromatic heterocycles. The maximum absolute atomic E-state index is 11.4. The zero-order chi connectivity index (χ0) is 20.5. The van der Waals surface area contributed by atoms with Gasteiger partial charge in [-0.05, 0) is 33.1 Å². The van der Waals surface area contributed by atoms with Crippen molar-refractivity contribution in [2.75, 3.05) is 27.4 Å². The molecule has 0 amide bonds. The van der Waals surface area contributed by atoms with Gasteiger partial charge in [0.2, 0.25) is 0 Å². The van der Waals surface area contributed by atoms with Gasteiger partial charge in [-0.1, -0.05) is 0 Å². The Kier molecular flexibility index (Phi) is 7.00. The summed E-state index contributed by atoms with van der Waals surface area (Å²) in [6, 6.07) is 0.243. The van der Waals surface area contributed by atoms with Gasteiger partial charge in [0.15, 0.2) is 6.10 Å².